The molecule has 0 aliphatic carbocycles. The van der Waals surface area contributed by atoms with E-state index >= 15 is 0 Å². The molecule has 21 heavy (non-hydrogen) atoms. The third-order valence-corrected chi connectivity index (χ3v) is 5.61. The van der Waals surface area contributed by atoms with Crippen LogP contribution in [-0.2, 0) is 18.4 Å². The number of ketones is 1. The molecule has 0 bridgehead atoms. The maximum Gasteiger partial charge on any atom is 0.341 e. The maximum atomic E-state index is 12.5. The Morgan fingerprint density at radius 2 is 1.81 bits per heavy atom. The van der Waals surface area contributed by atoms with Crippen LogP contribution in [0.3, 0.4) is 0 Å². The van der Waals surface area contributed by atoms with Crippen molar-refractivity contribution < 1.29 is 23.5 Å². The van der Waals surface area contributed by atoms with Crippen molar-refractivity contribution in [3.63, 3.8) is 0 Å². The quantitative estimate of drug-likeness (QED) is 0.380. The molecule has 0 aliphatic heterocycles. The van der Waals surface area contributed by atoms with Gasteiger partial charge in [-0.3, -0.25) is 9.36 Å². The molecule has 1 unspecified atom stereocenters. The van der Waals surface area contributed by atoms with E-state index in [-0.39, 0.29) is 19.0 Å². The Labute approximate surface area is 127 Å². The van der Waals surface area contributed by atoms with Gasteiger partial charge in [-0.05, 0) is 26.8 Å². The van der Waals surface area contributed by atoms with Crippen LogP contribution in [0.5, 0.6) is 0 Å². The van der Waals surface area contributed by atoms with E-state index in [9.17, 15) is 14.5 Å². The van der Waals surface area contributed by atoms with Crippen molar-refractivity contribution in [3.8, 4) is 0 Å². The molecular formula is C15H27O5P. The van der Waals surface area contributed by atoms with Gasteiger partial charge in [0.2, 0.25) is 0 Å². The van der Waals surface area contributed by atoms with Crippen LogP contribution in [0.2, 0.25) is 0 Å². The zero-order valence-electron chi connectivity index (χ0n) is 13.5. The summed E-state index contributed by atoms with van der Waals surface area (Å²) < 4.78 is 22.8. The van der Waals surface area contributed by atoms with Crippen molar-refractivity contribution in [1.82, 2.24) is 0 Å². The number of rotatable bonds is 10. The summed E-state index contributed by atoms with van der Waals surface area (Å²) >= 11 is 0. The first-order valence-electron chi connectivity index (χ1n) is 7.07. The number of carbonyl (C=O) groups excluding carboxylic acids is 1. The average Bonchev–Trinajstić information content (AvgIpc) is 2.43. The van der Waals surface area contributed by atoms with Crippen LogP contribution >= 0.6 is 7.60 Å². The first kappa shape index (κ1) is 20.3. The molecule has 0 radical (unpaired) electrons. The lowest BCUT2D eigenvalue weighted by molar-refractivity contribution is -0.114. The fourth-order valence-electron chi connectivity index (χ4n) is 1.62. The molecule has 0 fully saturated rings. The van der Waals surface area contributed by atoms with Gasteiger partial charge in [0, 0.05) is 5.41 Å². The molecule has 0 heterocycles. The molecule has 0 aromatic carbocycles. The zero-order valence-corrected chi connectivity index (χ0v) is 14.4. The topological polar surface area (TPSA) is 72.8 Å². The van der Waals surface area contributed by atoms with E-state index in [0.29, 0.717) is 0 Å². The zero-order chi connectivity index (χ0) is 16.7. The van der Waals surface area contributed by atoms with Crippen molar-refractivity contribution in [2.45, 2.75) is 46.4 Å². The van der Waals surface area contributed by atoms with Gasteiger partial charge in [0.25, 0.3) is 0 Å². The van der Waals surface area contributed by atoms with Gasteiger partial charge in [0.1, 0.15) is 5.66 Å². The smallest absolute Gasteiger partial charge is 0.341 e. The number of allylic oxidation sites excluding steroid dienone is 1. The van der Waals surface area contributed by atoms with Crippen LogP contribution in [0.25, 0.3) is 0 Å². The highest BCUT2D eigenvalue weighted by Gasteiger charge is 2.36. The second-order valence-corrected chi connectivity index (χ2v) is 7.66. The summed E-state index contributed by atoms with van der Waals surface area (Å²) in [6, 6.07) is 0. The summed E-state index contributed by atoms with van der Waals surface area (Å²) in [4.78, 5) is 12.2. The Kier molecular flexibility index (Phi) is 8.34. The Bertz CT molecular complexity index is 418. The van der Waals surface area contributed by atoms with E-state index in [1.165, 1.54) is 19.1 Å². The van der Waals surface area contributed by atoms with Crippen molar-refractivity contribution in [2.24, 2.45) is 5.41 Å². The lowest BCUT2D eigenvalue weighted by Gasteiger charge is -2.25. The van der Waals surface area contributed by atoms with Crippen LogP contribution in [0.1, 0.15) is 34.6 Å². The van der Waals surface area contributed by atoms with E-state index in [0.717, 1.165) is 0 Å². The molecule has 5 nitrogen and oxygen atoms in total. The van der Waals surface area contributed by atoms with Crippen molar-refractivity contribution in [3.05, 3.63) is 24.8 Å². The van der Waals surface area contributed by atoms with Crippen LogP contribution in [-0.4, -0.2) is 35.9 Å². The first-order valence-corrected chi connectivity index (χ1v) is 8.68. The Morgan fingerprint density at radius 1 is 1.33 bits per heavy atom. The monoisotopic (exact) mass is 318 g/mol. The molecule has 0 aromatic rings. The minimum Gasteiger partial charge on any atom is -0.388 e. The molecule has 0 aliphatic rings. The number of carbonyl (C=O) groups is 1. The summed E-state index contributed by atoms with van der Waals surface area (Å²) in [6.07, 6.45) is 3.54. The largest absolute Gasteiger partial charge is 0.388 e. The molecule has 0 saturated carbocycles. The molecule has 122 valence electrons. The Hall–Kier alpha value is -0.740. The number of aliphatic hydroxyl groups is 1. The summed E-state index contributed by atoms with van der Waals surface area (Å²) in [7, 11) is -3.46. The molecule has 0 amide bonds. The van der Waals surface area contributed by atoms with Crippen LogP contribution in [0.15, 0.2) is 24.8 Å². The van der Waals surface area contributed by atoms with Crippen LogP contribution in [0, 0.1) is 5.41 Å². The lowest BCUT2D eigenvalue weighted by atomic mass is 9.86. The highest BCUT2D eigenvalue weighted by molar-refractivity contribution is 7.55. The van der Waals surface area contributed by atoms with Crippen molar-refractivity contribution >= 4 is 13.4 Å². The minimum absolute atomic E-state index is 0.208. The molecule has 0 spiro atoms. The van der Waals surface area contributed by atoms with Gasteiger partial charge < -0.3 is 14.2 Å². The van der Waals surface area contributed by atoms with Gasteiger partial charge in [-0.15, -0.1) is 6.58 Å². The first-order chi connectivity index (χ1) is 9.64. The van der Waals surface area contributed by atoms with Gasteiger partial charge >= 0.3 is 7.60 Å². The highest BCUT2D eigenvalue weighted by Crippen LogP contribution is 2.53. The second kappa shape index (κ2) is 8.64. The number of hydrogen-bond donors (Lipinski definition) is 1. The van der Waals surface area contributed by atoms with Crippen molar-refractivity contribution in [1.29, 1.82) is 0 Å². The SMILES string of the molecule is C=C[C@H](O)C(C)(C)/C=C/C(=O)C(C)P(=O)(OCC)OCC. The summed E-state index contributed by atoms with van der Waals surface area (Å²) in [5.41, 5.74) is -1.52. The van der Waals surface area contributed by atoms with Crippen LogP contribution < -0.4 is 0 Å². The second-order valence-electron chi connectivity index (χ2n) is 5.29. The summed E-state index contributed by atoms with van der Waals surface area (Å²) in [5.74, 6) is -0.357. The average molecular weight is 318 g/mol. The highest BCUT2D eigenvalue weighted by atomic mass is 31.2. The molecule has 0 rings (SSSR count). The fourth-order valence-corrected chi connectivity index (χ4v) is 3.25. The van der Waals surface area contributed by atoms with E-state index in [2.05, 4.69) is 6.58 Å². The van der Waals surface area contributed by atoms with Gasteiger partial charge in [-0.1, -0.05) is 26.0 Å². The van der Waals surface area contributed by atoms with E-state index in [1.54, 1.807) is 33.8 Å². The standard InChI is InChI=1S/C15H27O5P/c1-7-14(17)15(5,6)11-10-13(16)12(4)21(18,19-8-2)20-9-3/h7,10-12,14,17H,1,8-9H2,2-6H3/b11-10+/t12?,14-/m0/s1. The predicted molar refractivity (Wildman–Crippen MR) is 84.5 cm³/mol. The Balaban J connectivity index is 5.08. The van der Waals surface area contributed by atoms with Crippen molar-refractivity contribution in [2.75, 3.05) is 13.2 Å². The summed E-state index contributed by atoms with van der Waals surface area (Å²) in [6.45, 7) is 12.4. The third kappa shape index (κ3) is 5.87. The van der Waals surface area contributed by atoms with Gasteiger partial charge in [-0.25, -0.2) is 0 Å². The van der Waals surface area contributed by atoms with Crippen LogP contribution in [0.4, 0.5) is 0 Å². The molecule has 2 atom stereocenters. The van der Waals surface area contributed by atoms with Gasteiger partial charge in [-0.2, -0.15) is 0 Å². The van der Waals surface area contributed by atoms with Gasteiger partial charge in [0.05, 0.1) is 19.3 Å². The lowest BCUT2D eigenvalue weighted by Crippen LogP contribution is -2.26. The third-order valence-electron chi connectivity index (χ3n) is 3.17. The van der Waals surface area contributed by atoms with E-state index in [1.807, 2.05) is 0 Å². The molecule has 0 saturated heterocycles. The molecule has 0 aromatic heterocycles. The Morgan fingerprint density at radius 3 is 2.19 bits per heavy atom. The minimum atomic E-state index is -3.46. The number of aliphatic hydroxyl groups excluding tert-OH is 1. The molecule has 1 N–H and O–H groups in total. The fraction of sp³-hybridized carbons (Fsp3) is 0.667. The predicted octanol–water partition coefficient (Wildman–Crippen LogP) is 3.34. The molecule has 6 heteroatoms. The number of hydrogen-bond acceptors (Lipinski definition) is 5. The van der Waals surface area contributed by atoms with E-state index in [4.69, 9.17) is 9.05 Å². The van der Waals surface area contributed by atoms with E-state index < -0.39 is 24.8 Å². The summed E-state index contributed by atoms with van der Waals surface area (Å²) in [5, 5.41) is 9.78. The maximum absolute atomic E-state index is 12.5. The van der Waals surface area contributed by atoms with Gasteiger partial charge in [0.15, 0.2) is 5.78 Å². The molecular weight excluding hydrogens is 291 g/mol. The normalized spacial score (nSPS) is 15.9.